The molecule has 0 fully saturated rings. The topological polar surface area (TPSA) is 67.2 Å². The van der Waals surface area contributed by atoms with Gasteiger partial charge in [-0.25, -0.2) is 4.39 Å². The molecule has 0 spiro atoms. The molecular weight excluding hydrogens is 209 g/mol. The highest BCUT2D eigenvalue weighted by Gasteiger charge is 2.08. The second-order valence-electron chi connectivity index (χ2n) is 3.33. The van der Waals surface area contributed by atoms with Crippen molar-refractivity contribution >= 4 is 11.6 Å². The van der Waals surface area contributed by atoms with Gasteiger partial charge in [-0.2, -0.15) is 0 Å². The summed E-state index contributed by atoms with van der Waals surface area (Å²) in [6.07, 6.45) is 0. The van der Waals surface area contributed by atoms with Crippen LogP contribution in [-0.2, 0) is 0 Å². The summed E-state index contributed by atoms with van der Waals surface area (Å²) in [5.41, 5.74) is 5.89. The number of benzene rings is 1. The van der Waals surface area contributed by atoms with E-state index in [2.05, 4.69) is 10.6 Å². The zero-order chi connectivity index (χ0) is 12.0. The van der Waals surface area contributed by atoms with Crippen molar-refractivity contribution in [3.63, 3.8) is 0 Å². The van der Waals surface area contributed by atoms with Crippen LogP contribution in [0.5, 0.6) is 0 Å². The molecular formula is C11H16FN3O. The predicted molar refractivity (Wildman–Crippen MR) is 62.0 cm³/mol. The van der Waals surface area contributed by atoms with Crippen molar-refractivity contribution in [1.82, 2.24) is 5.32 Å². The average molecular weight is 225 g/mol. The van der Waals surface area contributed by atoms with E-state index in [-0.39, 0.29) is 5.56 Å². The van der Waals surface area contributed by atoms with Crippen LogP contribution in [-0.4, -0.2) is 25.5 Å². The van der Waals surface area contributed by atoms with Crippen LogP contribution in [0.1, 0.15) is 17.3 Å². The Labute approximate surface area is 94.0 Å². The van der Waals surface area contributed by atoms with E-state index in [0.717, 1.165) is 19.2 Å². The van der Waals surface area contributed by atoms with Gasteiger partial charge >= 0.3 is 0 Å². The molecule has 0 saturated carbocycles. The third-order valence-electron chi connectivity index (χ3n) is 2.11. The summed E-state index contributed by atoms with van der Waals surface area (Å²) < 4.78 is 12.9. The third-order valence-corrected chi connectivity index (χ3v) is 2.11. The molecule has 0 aliphatic carbocycles. The molecule has 0 atom stereocenters. The highest BCUT2D eigenvalue weighted by molar-refractivity contribution is 5.98. The van der Waals surface area contributed by atoms with Crippen LogP contribution in [0.3, 0.4) is 0 Å². The lowest BCUT2D eigenvalue weighted by atomic mass is 10.1. The van der Waals surface area contributed by atoms with Gasteiger partial charge in [0.25, 0.3) is 5.91 Å². The summed E-state index contributed by atoms with van der Waals surface area (Å²) in [5, 5.41) is 6.15. The van der Waals surface area contributed by atoms with Crippen LogP contribution in [0.15, 0.2) is 18.2 Å². The van der Waals surface area contributed by atoms with Crippen LogP contribution in [0.2, 0.25) is 0 Å². The highest BCUT2D eigenvalue weighted by atomic mass is 19.1. The number of carbonyl (C=O) groups is 1. The number of nitrogens with two attached hydrogens (primary N) is 1. The van der Waals surface area contributed by atoms with Gasteiger partial charge < -0.3 is 16.4 Å². The van der Waals surface area contributed by atoms with E-state index in [0.29, 0.717) is 12.2 Å². The lowest BCUT2D eigenvalue weighted by molar-refractivity contribution is 0.100. The predicted octanol–water partition coefficient (Wildman–Crippen LogP) is 0.946. The maximum Gasteiger partial charge on any atom is 0.250 e. The zero-order valence-corrected chi connectivity index (χ0v) is 9.22. The van der Waals surface area contributed by atoms with Crippen molar-refractivity contribution < 1.29 is 9.18 Å². The Bertz CT molecular complexity index is 368. The van der Waals surface area contributed by atoms with Crippen LogP contribution < -0.4 is 16.4 Å². The van der Waals surface area contributed by atoms with E-state index in [1.165, 1.54) is 12.1 Å². The SMILES string of the molecule is CCNCCNc1ccc(F)cc1C(N)=O. The number of anilines is 1. The van der Waals surface area contributed by atoms with Gasteiger partial charge in [-0.3, -0.25) is 4.79 Å². The van der Waals surface area contributed by atoms with Gasteiger partial charge in [-0.1, -0.05) is 6.92 Å². The van der Waals surface area contributed by atoms with Gasteiger partial charge in [0, 0.05) is 18.8 Å². The Morgan fingerprint density at radius 3 is 2.81 bits per heavy atom. The number of hydrogen-bond donors (Lipinski definition) is 3. The Morgan fingerprint density at radius 1 is 1.44 bits per heavy atom. The first-order valence-electron chi connectivity index (χ1n) is 5.19. The molecule has 16 heavy (non-hydrogen) atoms. The summed E-state index contributed by atoms with van der Waals surface area (Å²) in [6.45, 7) is 4.31. The molecule has 0 radical (unpaired) electrons. The molecule has 1 aromatic rings. The monoisotopic (exact) mass is 225 g/mol. The zero-order valence-electron chi connectivity index (χ0n) is 9.22. The second-order valence-corrected chi connectivity index (χ2v) is 3.33. The lowest BCUT2D eigenvalue weighted by Gasteiger charge is -2.10. The highest BCUT2D eigenvalue weighted by Crippen LogP contribution is 2.15. The van der Waals surface area contributed by atoms with Crippen molar-refractivity contribution in [3.05, 3.63) is 29.6 Å². The molecule has 0 aliphatic rings. The van der Waals surface area contributed by atoms with Crippen molar-refractivity contribution in [2.75, 3.05) is 25.0 Å². The number of nitrogens with one attached hydrogen (secondary N) is 2. The minimum atomic E-state index is -0.634. The van der Waals surface area contributed by atoms with E-state index < -0.39 is 11.7 Å². The molecule has 1 rings (SSSR count). The van der Waals surface area contributed by atoms with Gasteiger partial charge in [-0.15, -0.1) is 0 Å². The smallest absolute Gasteiger partial charge is 0.250 e. The largest absolute Gasteiger partial charge is 0.383 e. The Balaban J connectivity index is 2.67. The van der Waals surface area contributed by atoms with Crippen molar-refractivity contribution in [3.8, 4) is 0 Å². The molecule has 4 N–H and O–H groups in total. The van der Waals surface area contributed by atoms with E-state index >= 15 is 0 Å². The number of likely N-dealkylation sites (N-methyl/N-ethyl adjacent to an activating group) is 1. The second kappa shape index (κ2) is 6.07. The van der Waals surface area contributed by atoms with Gasteiger partial charge in [0.15, 0.2) is 0 Å². The lowest BCUT2D eigenvalue weighted by Crippen LogP contribution is -2.23. The fourth-order valence-electron chi connectivity index (χ4n) is 1.34. The van der Waals surface area contributed by atoms with Crippen molar-refractivity contribution in [2.45, 2.75) is 6.92 Å². The molecule has 1 amide bonds. The van der Waals surface area contributed by atoms with Gasteiger partial charge in [0.1, 0.15) is 5.82 Å². The van der Waals surface area contributed by atoms with Crippen molar-refractivity contribution in [2.24, 2.45) is 5.73 Å². The quantitative estimate of drug-likeness (QED) is 0.631. The first kappa shape index (κ1) is 12.4. The number of amides is 1. The summed E-state index contributed by atoms with van der Waals surface area (Å²) in [6, 6.07) is 3.95. The van der Waals surface area contributed by atoms with Crippen LogP contribution >= 0.6 is 0 Å². The number of primary amides is 1. The van der Waals surface area contributed by atoms with E-state index in [4.69, 9.17) is 5.73 Å². The fraction of sp³-hybridized carbons (Fsp3) is 0.364. The molecule has 88 valence electrons. The molecule has 0 aliphatic heterocycles. The minimum absolute atomic E-state index is 0.177. The molecule has 0 saturated heterocycles. The number of rotatable bonds is 6. The number of carbonyl (C=O) groups excluding carboxylic acids is 1. The summed E-state index contributed by atoms with van der Waals surface area (Å²) in [7, 11) is 0. The Morgan fingerprint density at radius 2 is 2.19 bits per heavy atom. The maximum absolute atomic E-state index is 12.9. The minimum Gasteiger partial charge on any atom is -0.383 e. The molecule has 1 aromatic carbocycles. The molecule has 0 heterocycles. The molecule has 4 nitrogen and oxygen atoms in total. The van der Waals surface area contributed by atoms with Gasteiger partial charge in [-0.05, 0) is 24.7 Å². The van der Waals surface area contributed by atoms with Crippen LogP contribution in [0, 0.1) is 5.82 Å². The molecule has 5 heteroatoms. The standard InChI is InChI=1S/C11H16FN3O/c1-2-14-5-6-15-10-4-3-8(12)7-9(10)11(13)16/h3-4,7,14-15H,2,5-6H2,1H3,(H2,13,16). The average Bonchev–Trinajstić information content (AvgIpc) is 2.26. The summed E-state index contributed by atoms with van der Waals surface area (Å²) in [4.78, 5) is 11.1. The number of halogens is 1. The van der Waals surface area contributed by atoms with E-state index in [1.54, 1.807) is 0 Å². The third kappa shape index (κ3) is 3.51. The summed E-state index contributed by atoms with van der Waals surface area (Å²) >= 11 is 0. The normalized spacial score (nSPS) is 10.1. The van der Waals surface area contributed by atoms with Gasteiger partial charge in [0.2, 0.25) is 0 Å². The first-order valence-corrected chi connectivity index (χ1v) is 5.19. The Hall–Kier alpha value is -1.62. The number of hydrogen-bond acceptors (Lipinski definition) is 3. The summed E-state index contributed by atoms with van der Waals surface area (Å²) in [5.74, 6) is -1.10. The van der Waals surface area contributed by atoms with E-state index in [1.807, 2.05) is 6.92 Å². The van der Waals surface area contributed by atoms with E-state index in [9.17, 15) is 9.18 Å². The Kier molecular flexibility index (Phi) is 4.72. The van der Waals surface area contributed by atoms with Crippen LogP contribution in [0.4, 0.5) is 10.1 Å². The van der Waals surface area contributed by atoms with Gasteiger partial charge in [0.05, 0.1) is 5.56 Å². The molecule has 0 unspecified atom stereocenters. The maximum atomic E-state index is 12.9. The van der Waals surface area contributed by atoms with Crippen molar-refractivity contribution in [1.29, 1.82) is 0 Å². The fourth-order valence-corrected chi connectivity index (χ4v) is 1.34. The molecule has 0 bridgehead atoms. The molecule has 0 aromatic heterocycles. The first-order chi connectivity index (χ1) is 7.65. The van der Waals surface area contributed by atoms with Crippen LogP contribution in [0.25, 0.3) is 0 Å².